The molecular formula is C16H13F3N4O2. The fourth-order valence-corrected chi connectivity index (χ4v) is 2.17. The number of anilines is 2. The zero-order valence-corrected chi connectivity index (χ0v) is 12.7. The molecule has 3 aromatic rings. The van der Waals surface area contributed by atoms with Gasteiger partial charge < -0.3 is 15.2 Å². The summed E-state index contributed by atoms with van der Waals surface area (Å²) >= 11 is 0. The summed E-state index contributed by atoms with van der Waals surface area (Å²) in [5.74, 6) is -0.249. The molecule has 0 aliphatic rings. The molecule has 0 spiro atoms. The van der Waals surface area contributed by atoms with E-state index in [2.05, 4.69) is 20.1 Å². The van der Waals surface area contributed by atoms with E-state index in [1.165, 1.54) is 17.1 Å². The van der Waals surface area contributed by atoms with Crippen LogP contribution < -0.4 is 10.1 Å². The lowest BCUT2D eigenvalue weighted by atomic mass is 10.2. The van der Waals surface area contributed by atoms with E-state index in [1.54, 1.807) is 0 Å². The number of hydrogen-bond donors (Lipinski definition) is 2. The van der Waals surface area contributed by atoms with Gasteiger partial charge in [-0.15, -0.1) is 18.3 Å². The maximum atomic E-state index is 12.4. The molecule has 6 nitrogen and oxygen atoms in total. The minimum absolute atomic E-state index is 0.192. The van der Waals surface area contributed by atoms with E-state index in [1.807, 2.05) is 30.3 Å². The molecule has 0 atom stereocenters. The van der Waals surface area contributed by atoms with Crippen LogP contribution in [0.25, 0.3) is 5.69 Å². The van der Waals surface area contributed by atoms with Gasteiger partial charge in [-0.1, -0.05) is 18.2 Å². The van der Waals surface area contributed by atoms with Crippen molar-refractivity contribution >= 4 is 11.6 Å². The number of halogens is 3. The molecule has 0 saturated carbocycles. The molecular weight excluding hydrogens is 337 g/mol. The molecule has 0 amide bonds. The molecule has 1 aromatic heterocycles. The van der Waals surface area contributed by atoms with Crippen LogP contribution in [0.15, 0.2) is 54.9 Å². The quantitative estimate of drug-likeness (QED) is 0.738. The van der Waals surface area contributed by atoms with E-state index in [0.29, 0.717) is 0 Å². The average Bonchev–Trinajstić information content (AvgIpc) is 3.02. The highest BCUT2D eigenvalue weighted by Gasteiger charge is 2.31. The van der Waals surface area contributed by atoms with Crippen LogP contribution in [0.3, 0.4) is 0 Å². The van der Waals surface area contributed by atoms with E-state index in [0.717, 1.165) is 17.8 Å². The predicted octanol–water partition coefficient (Wildman–Crippen LogP) is 3.40. The van der Waals surface area contributed by atoms with Crippen molar-refractivity contribution in [2.45, 2.75) is 13.0 Å². The maximum Gasteiger partial charge on any atom is 0.573 e. The summed E-state index contributed by atoms with van der Waals surface area (Å²) in [5, 5.41) is 16.2. The highest BCUT2D eigenvalue weighted by Crippen LogP contribution is 2.28. The van der Waals surface area contributed by atoms with Gasteiger partial charge in [0.2, 0.25) is 5.95 Å². The van der Waals surface area contributed by atoms with Gasteiger partial charge in [0.25, 0.3) is 0 Å². The van der Waals surface area contributed by atoms with Gasteiger partial charge >= 0.3 is 6.36 Å². The molecule has 0 aliphatic carbocycles. The van der Waals surface area contributed by atoms with E-state index >= 15 is 0 Å². The summed E-state index contributed by atoms with van der Waals surface area (Å²) < 4.78 is 42.6. The molecule has 130 valence electrons. The molecule has 3 rings (SSSR count). The Hall–Kier alpha value is -3.07. The van der Waals surface area contributed by atoms with Crippen LogP contribution in [0.1, 0.15) is 5.56 Å². The molecule has 0 fully saturated rings. The molecule has 2 aromatic carbocycles. The van der Waals surface area contributed by atoms with E-state index in [-0.39, 0.29) is 17.2 Å². The molecule has 0 bridgehead atoms. The predicted molar refractivity (Wildman–Crippen MR) is 83.7 cm³/mol. The van der Waals surface area contributed by atoms with Crippen LogP contribution >= 0.6 is 0 Å². The summed E-state index contributed by atoms with van der Waals surface area (Å²) in [7, 11) is 0. The Bertz CT molecular complexity index is 850. The summed E-state index contributed by atoms with van der Waals surface area (Å²) in [4.78, 5) is 4.06. The van der Waals surface area contributed by atoms with Crippen molar-refractivity contribution in [2.24, 2.45) is 0 Å². The Morgan fingerprint density at radius 2 is 1.88 bits per heavy atom. The Morgan fingerprint density at radius 1 is 1.12 bits per heavy atom. The molecule has 25 heavy (non-hydrogen) atoms. The van der Waals surface area contributed by atoms with Gasteiger partial charge in [0.1, 0.15) is 12.1 Å². The zero-order chi connectivity index (χ0) is 17.9. The number of nitrogens with zero attached hydrogens (tertiary/aromatic N) is 3. The maximum absolute atomic E-state index is 12.4. The Morgan fingerprint density at radius 3 is 2.56 bits per heavy atom. The molecule has 0 aliphatic heterocycles. The third kappa shape index (κ3) is 4.48. The molecule has 1 heterocycles. The number of aliphatic hydroxyl groups excluding tert-OH is 1. The first-order chi connectivity index (χ1) is 11.9. The minimum Gasteiger partial charge on any atom is -0.406 e. The number of para-hydroxylation sites is 1. The molecule has 9 heteroatoms. The third-order valence-corrected chi connectivity index (χ3v) is 3.15. The van der Waals surface area contributed by atoms with E-state index in [9.17, 15) is 18.3 Å². The topological polar surface area (TPSA) is 72.2 Å². The Labute approximate surface area is 140 Å². The van der Waals surface area contributed by atoms with Gasteiger partial charge in [0, 0.05) is 11.8 Å². The molecule has 2 N–H and O–H groups in total. The van der Waals surface area contributed by atoms with Crippen LogP contribution in [0.2, 0.25) is 0 Å². The standard InChI is InChI=1S/C16H13F3N4O2/c17-16(18,19)25-14-7-11(9-24)6-12(8-14)21-15-20-10-23(22-15)13-4-2-1-3-5-13/h1-8,10,24H,9H2,(H,21,22). The Balaban J connectivity index is 1.83. The highest BCUT2D eigenvalue weighted by atomic mass is 19.4. The van der Waals surface area contributed by atoms with E-state index < -0.39 is 18.7 Å². The third-order valence-electron chi connectivity index (χ3n) is 3.15. The average molecular weight is 350 g/mol. The number of alkyl halides is 3. The zero-order valence-electron chi connectivity index (χ0n) is 12.7. The second kappa shape index (κ2) is 6.81. The highest BCUT2D eigenvalue weighted by molar-refractivity contribution is 5.57. The van der Waals surface area contributed by atoms with Crippen molar-refractivity contribution in [3.05, 3.63) is 60.4 Å². The lowest BCUT2D eigenvalue weighted by Crippen LogP contribution is -2.17. The van der Waals surface area contributed by atoms with Gasteiger partial charge in [0.15, 0.2) is 0 Å². The van der Waals surface area contributed by atoms with Gasteiger partial charge in [-0.05, 0) is 29.8 Å². The van der Waals surface area contributed by atoms with Crippen LogP contribution in [-0.4, -0.2) is 26.2 Å². The summed E-state index contributed by atoms with van der Waals surface area (Å²) in [6, 6.07) is 12.9. The summed E-state index contributed by atoms with van der Waals surface area (Å²) in [5.41, 5.74) is 1.30. The van der Waals surface area contributed by atoms with Crippen molar-refractivity contribution in [3.63, 3.8) is 0 Å². The van der Waals surface area contributed by atoms with Crippen molar-refractivity contribution in [1.82, 2.24) is 14.8 Å². The number of benzene rings is 2. The van der Waals surface area contributed by atoms with Crippen molar-refractivity contribution in [1.29, 1.82) is 0 Å². The second-order valence-electron chi connectivity index (χ2n) is 5.04. The monoisotopic (exact) mass is 350 g/mol. The largest absolute Gasteiger partial charge is 0.573 e. The molecule has 0 unspecified atom stereocenters. The first-order valence-corrected chi connectivity index (χ1v) is 7.17. The van der Waals surface area contributed by atoms with Gasteiger partial charge in [0.05, 0.1) is 12.3 Å². The lowest BCUT2D eigenvalue weighted by Gasteiger charge is -2.12. The number of nitrogens with one attached hydrogen (secondary N) is 1. The number of ether oxygens (including phenoxy) is 1. The van der Waals surface area contributed by atoms with Gasteiger partial charge in [-0.2, -0.15) is 4.98 Å². The minimum atomic E-state index is -4.82. The molecule has 0 saturated heterocycles. The lowest BCUT2D eigenvalue weighted by molar-refractivity contribution is -0.274. The first-order valence-electron chi connectivity index (χ1n) is 7.17. The van der Waals surface area contributed by atoms with Crippen LogP contribution in [0, 0.1) is 0 Å². The second-order valence-corrected chi connectivity index (χ2v) is 5.04. The van der Waals surface area contributed by atoms with Crippen molar-refractivity contribution in [3.8, 4) is 11.4 Å². The number of aromatic nitrogens is 3. The SMILES string of the molecule is OCc1cc(Nc2ncn(-c3ccccc3)n2)cc(OC(F)(F)F)c1. The first kappa shape index (κ1) is 16.8. The van der Waals surface area contributed by atoms with Crippen LogP contribution in [0.5, 0.6) is 5.75 Å². The van der Waals surface area contributed by atoms with E-state index in [4.69, 9.17) is 0 Å². The fraction of sp³-hybridized carbons (Fsp3) is 0.125. The summed E-state index contributed by atoms with van der Waals surface area (Å²) in [6.45, 7) is -0.435. The van der Waals surface area contributed by atoms with Gasteiger partial charge in [-0.25, -0.2) is 4.68 Å². The Kier molecular flexibility index (Phi) is 4.57. The normalized spacial score (nSPS) is 11.4. The number of rotatable bonds is 5. The van der Waals surface area contributed by atoms with Crippen molar-refractivity contribution < 1.29 is 23.0 Å². The van der Waals surface area contributed by atoms with Gasteiger partial charge in [-0.3, -0.25) is 0 Å². The fourth-order valence-electron chi connectivity index (χ4n) is 2.17. The van der Waals surface area contributed by atoms with Crippen molar-refractivity contribution in [2.75, 3.05) is 5.32 Å². The smallest absolute Gasteiger partial charge is 0.406 e. The number of aliphatic hydroxyl groups is 1. The van der Waals surface area contributed by atoms with Crippen LogP contribution in [0.4, 0.5) is 24.8 Å². The number of hydrogen-bond acceptors (Lipinski definition) is 5. The summed E-state index contributed by atoms with van der Waals surface area (Å²) in [6.07, 6.45) is -3.35. The van der Waals surface area contributed by atoms with Crippen LogP contribution in [-0.2, 0) is 6.61 Å². The molecule has 0 radical (unpaired) electrons.